The molecule has 0 unspecified atom stereocenters. The molecule has 10 heteroatoms. The summed E-state index contributed by atoms with van der Waals surface area (Å²) in [5.41, 5.74) is 4.88. The highest BCUT2D eigenvalue weighted by Gasteiger charge is 2.23. The van der Waals surface area contributed by atoms with E-state index in [1.807, 2.05) is 35.2 Å². The lowest BCUT2D eigenvalue weighted by atomic mass is 9.98. The van der Waals surface area contributed by atoms with Crippen molar-refractivity contribution in [1.82, 2.24) is 10.3 Å². The zero-order valence-electron chi connectivity index (χ0n) is 22.5. The van der Waals surface area contributed by atoms with Gasteiger partial charge < -0.3 is 14.6 Å². The fourth-order valence-electron chi connectivity index (χ4n) is 4.86. The first-order valence-corrected chi connectivity index (χ1v) is 13.9. The van der Waals surface area contributed by atoms with Gasteiger partial charge in [0, 0.05) is 36.0 Å². The number of aromatic nitrogens is 1. The number of amides is 1. The summed E-state index contributed by atoms with van der Waals surface area (Å²) in [6, 6.07) is 18.0. The summed E-state index contributed by atoms with van der Waals surface area (Å²) in [4.78, 5) is 30.8. The smallest absolute Gasteiger partial charge is 0.293 e. The Balaban J connectivity index is 1.23. The van der Waals surface area contributed by atoms with Crippen LogP contribution in [0.25, 0.3) is 22.6 Å². The quantitative estimate of drug-likeness (QED) is 0.141. The first kappa shape index (κ1) is 27.3. The van der Waals surface area contributed by atoms with E-state index in [0.29, 0.717) is 23.2 Å². The molecule has 4 aromatic rings. The maximum Gasteiger partial charge on any atom is 0.293 e. The van der Waals surface area contributed by atoms with Gasteiger partial charge in [-0.15, -0.1) is 0 Å². The summed E-state index contributed by atoms with van der Waals surface area (Å²) >= 11 is 5.32. The zero-order valence-corrected chi connectivity index (χ0v) is 23.3. The van der Waals surface area contributed by atoms with Crippen molar-refractivity contribution in [3.63, 3.8) is 0 Å². The van der Waals surface area contributed by atoms with Gasteiger partial charge in [0.2, 0.25) is 5.89 Å². The number of nitro benzene ring substituents is 1. The molecule has 40 heavy (non-hydrogen) atoms. The Morgan fingerprint density at radius 2 is 1.85 bits per heavy atom. The normalized spacial score (nSPS) is 14.1. The molecule has 2 N–H and O–H groups in total. The number of hydrogen-bond acceptors (Lipinski definition) is 7. The highest BCUT2D eigenvalue weighted by molar-refractivity contribution is 7.80. The maximum absolute atomic E-state index is 12.8. The lowest BCUT2D eigenvalue weighted by Crippen LogP contribution is -2.34. The van der Waals surface area contributed by atoms with Gasteiger partial charge in [0.05, 0.1) is 4.92 Å². The number of piperidine rings is 1. The fourth-order valence-corrected chi connectivity index (χ4v) is 5.07. The summed E-state index contributed by atoms with van der Waals surface area (Å²) in [5.74, 6) is 0.451. The highest BCUT2D eigenvalue weighted by Crippen LogP contribution is 2.32. The van der Waals surface area contributed by atoms with Crippen LogP contribution in [0.15, 0.2) is 65.1 Å². The number of fused-ring (bicyclic) bond motifs is 1. The van der Waals surface area contributed by atoms with E-state index in [9.17, 15) is 14.9 Å². The molecular weight excluding hydrogens is 526 g/mol. The molecule has 5 rings (SSSR count). The third-order valence-electron chi connectivity index (χ3n) is 7.34. The molecule has 0 saturated carbocycles. The standard InChI is InChI=1S/C30H31N5O4S/c1-3-19(2)21-10-14-27-24(17-21)32-29(39-27)20-7-11-23(12-8-20)31-30(40)33-28(36)22-9-13-25(26(18-22)35(37)38)34-15-5-4-6-16-34/h7-14,17-19H,3-6,15-16H2,1-2H3,(H2,31,33,36,40)/t19-/m0/s1. The monoisotopic (exact) mass is 557 g/mol. The van der Waals surface area contributed by atoms with Gasteiger partial charge >= 0.3 is 0 Å². The average molecular weight is 558 g/mol. The van der Waals surface area contributed by atoms with Crippen molar-refractivity contribution in [3.05, 3.63) is 81.9 Å². The third kappa shape index (κ3) is 5.96. The van der Waals surface area contributed by atoms with Crippen molar-refractivity contribution in [3.8, 4) is 11.5 Å². The molecular formula is C30H31N5O4S. The number of nitrogens with zero attached hydrogens (tertiary/aromatic N) is 3. The number of carbonyl (C=O) groups excluding carboxylic acids is 1. The van der Waals surface area contributed by atoms with Crippen molar-refractivity contribution in [2.75, 3.05) is 23.3 Å². The molecule has 1 aromatic heterocycles. The largest absolute Gasteiger partial charge is 0.436 e. The molecule has 1 aliphatic heterocycles. The van der Waals surface area contributed by atoms with Gasteiger partial charge in [-0.2, -0.15) is 0 Å². The molecule has 1 fully saturated rings. The molecule has 1 saturated heterocycles. The van der Waals surface area contributed by atoms with E-state index in [1.165, 1.54) is 11.6 Å². The number of anilines is 2. The summed E-state index contributed by atoms with van der Waals surface area (Å²) < 4.78 is 5.95. The van der Waals surface area contributed by atoms with Crippen LogP contribution in [0.2, 0.25) is 0 Å². The van der Waals surface area contributed by atoms with Crippen LogP contribution in [0.1, 0.15) is 61.4 Å². The van der Waals surface area contributed by atoms with Crippen molar-refractivity contribution >= 4 is 51.4 Å². The van der Waals surface area contributed by atoms with Crippen LogP contribution in [0.5, 0.6) is 0 Å². The van der Waals surface area contributed by atoms with Gasteiger partial charge in [-0.05, 0) is 97.9 Å². The SMILES string of the molecule is CC[C@H](C)c1ccc2oc(-c3ccc(NC(=S)NC(=O)c4ccc(N5CCCCC5)c([N+](=O)[O-])c4)cc3)nc2c1. The Kier molecular flexibility index (Phi) is 8.06. The number of rotatable bonds is 7. The maximum atomic E-state index is 12.8. The van der Waals surface area contributed by atoms with Crippen LogP contribution in [0.4, 0.5) is 17.1 Å². The summed E-state index contributed by atoms with van der Waals surface area (Å²) in [5, 5.41) is 17.4. The minimum atomic E-state index is -0.523. The first-order chi connectivity index (χ1) is 19.3. The number of thiocarbonyl (C=S) groups is 1. The average Bonchev–Trinajstić information content (AvgIpc) is 3.40. The van der Waals surface area contributed by atoms with Crippen molar-refractivity contribution in [2.24, 2.45) is 0 Å². The summed E-state index contributed by atoms with van der Waals surface area (Å²) in [7, 11) is 0. The molecule has 3 aromatic carbocycles. The van der Waals surface area contributed by atoms with Crippen molar-refractivity contribution < 1.29 is 14.1 Å². The van der Waals surface area contributed by atoms with Gasteiger partial charge in [0.25, 0.3) is 11.6 Å². The number of carbonyl (C=O) groups is 1. The molecule has 1 atom stereocenters. The predicted molar refractivity (Wildman–Crippen MR) is 161 cm³/mol. The summed E-state index contributed by atoms with van der Waals surface area (Å²) in [6.45, 7) is 5.89. The fraction of sp³-hybridized carbons (Fsp3) is 0.300. The Hall–Kier alpha value is -4.31. The van der Waals surface area contributed by atoms with Crippen molar-refractivity contribution in [2.45, 2.75) is 45.4 Å². The molecule has 0 radical (unpaired) electrons. The van der Waals surface area contributed by atoms with Crippen LogP contribution in [0, 0.1) is 10.1 Å². The number of nitro groups is 1. The molecule has 0 bridgehead atoms. The van der Waals surface area contributed by atoms with E-state index in [4.69, 9.17) is 16.6 Å². The molecule has 0 aliphatic carbocycles. The first-order valence-electron chi connectivity index (χ1n) is 13.5. The molecule has 0 spiro atoms. The topological polar surface area (TPSA) is 114 Å². The van der Waals surface area contributed by atoms with E-state index in [0.717, 1.165) is 55.4 Å². The van der Waals surface area contributed by atoms with Crippen LogP contribution in [-0.2, 0) is 0 Å². The van der Waals surface area contributed by atoms with Crippen molar-refractivity contribution in [1.29, 1.82) is 0 Å². The Morgan fingerprint density at radius 1 is 1.10 bits per heavy atom. The minimum absolute atomic E-state index is 0.0833. The second kappa shape index (κ2) is 11.8. The van der Waals surface area contributed by atoms with Crippen LogP contribution >= 0.6 is 12.2 Å². The predicted octanol–water partition coefficient (Wildman–Crippen LogP) is 7.03. The Labute approximate surface area is 237 Å². The second-order valence-electron chi connectivity index (χ2n) is 10.0. The molecule has 9 nitrogen and oxygen atoms in total. The zero-order chi connectivity index (χ0) is 28.2. The Morgan fingerprint density at radius 3 is 2.55 bits per heavy atom. The van der Waals surface area contributed by atoms with Gasteiger partial charge in [-0.3, -0.25) is 20.2 Å². The lowest BCUT2D eigenvalue weighted by Gasteiger charge is -2.28. The highest BCUT2D eigenvalue weighted by atomic mass is 32.1. The van der Waals surface area contributed by atoms with Crippen LogP contribution in [-0.4, -0.2) is 34.0 Å². The van der Waals surface area contributed by atoms with E-state index in [1.54, 1.807) is 12.1 Å². The van der Waals surface area contributed by atoms with Gasteiger partial charge in [0.15, 0.2) is 10.7 Å². The van der Waals surface area contributed by atoms with Crippen LogP contribution < -0.4 is 15.5 Å². The lowest BCUT2D eigenvalue weighted by molar-refractivity contribution is -0.384. The molecule has 1 aliphatic rings. The number of oxazole rings is 1. The third-order valence-corrected chi connectivity index (χ3v) is 7.54. The molecule has 206 valence electrons. The molecule has 1 amide bonds. The second-order valence-corrected chi connectivity index (χ2v) is 10.5. The van der Waals surface area contributed by atoms with E-state index >= 15 is 0 Å². The Bertz CT molecular complexity index is 1560. The summed E-state index contributed by atoms with van der Waals surface area (Å²) in [6.07, 6.45) is 4.16. The van der Waals surface area contributed by atoms with E-state index in [-0.39, 0.29) is 16.4 Å². The van der Waals surface area contributed by atoms with E-state index in [2.05, 4.69) is 41.6 Å². The minimum Gasteiger partial charge on any atom is -0.436 e. The number of hydrogen-bond donors (Lipinski definition) is 2. The number of nitrogens with one attached hydrogen (secondary N) is 2. The van der Waals surface area contributed by atoms with Gasteiger partial charge in [-0.25, -0.2) is 4.98 Å². The van der Waals surface area contributed by atoms with Gasteiger partial charge in [-0.1, -0.05) is 19.9 Å². The van der Waals surface area contributed by atoms with Gasteiger partial charge in [0.1, 0.15) is 11.2 Å². The number of benzene rings is 3. The molecule has 2 heterocycles. The van der Waals surface area contributed by atoms with Crippen LogP contribution in [0.3, 0.4) is 0 Å². The van der Waals surface area contributed by atoms with E-state index < -0.39 is 10.8 Å².